The van der Waals surface area contributed by atoms with Crippen molar-refractivity contribution >= 4 is 5.91 Å². The first kappa shape index (κ1) is 19.2. The zero-order valence-electron chi connectivity index (χ0n) is 16.5. The second-order valence-electron chi connectivity index (χ2n) is 7.99. The third kappa shape index (κ3) is 4.81. The Morgan fingerprint density at radius 2 is 1.75 bits per heavy atom. The van der Waals surface area contributed by atoms with E-state index in [4.69, 9.17) is 4.74 Å². The Morgan fingerprint density at radius 1 is 1.00 bits per heavy atom. The highest BCUT2D eigenvalue weighted by molar-refractivity contribution is 5.80. The smallest absolute Gasteiger partial charge is 0.249 e. The number of likely N-dealkylation sites (tertiary alicyclic amines) is 1. The van der Waals surface area contributed by atoms with Crippen molar-refractivity contribution < 1.29 is 9.53 Å². The molecule has 4 rings (SSSR count). The van der Waals surface area contributed by atoms with Gasteiger partial charge in [-0.25, -0.2) is 0 Å². The number of hydrogen-bond acceptors (Lipinski definition) is 3. The summed E-state index contributed by atoms with van der Waals surface area (Å²) in [7, 11) is 0. The summed E-state index contributed by atoms with van der Waals surface area (Å²) in [5, 5.41) is 3.11. The van der Waals surface area contributed by atoms with Gasteiger partial charge in [-0.1, -0.05) is 54.6 Å². The van der Waals surface area contributed by atoms with E-state index in [-0.39, 0.29) is 12.0 Å². The maximum Gasteiger partial charge on any atom is 0.249 e. The summed E-state index contributed by atoms with van der Waals surface area (Å²) in [6.45, 7) is 4.67. The maximum absolute atomic E-state index is 12.1. The molecule has 4 nitrogen and oxygen atoms in total. The molecule has 2 saturated heterocycles. The van der Waals surface area contributed by atoms with E-state index in [9.17, 15) is 4.79 Å². The number of rotatable bonds is 6. The van der Waals surface area contributed by atoms with E-state index in [0.29, 0.717) is 5.92 Å². The predicted octanol–water partition coefficient (Wildman–Crippen LogP) is 3.86. The molecule has 2 aliphatic rings. The van der Waals surface area contributed by atoms with Gasteiger partial charge in [0.05, 0.1) is 0 Å². The van der Waals surface area contributed by atoms with Crippen LogP contribution in [-0.2, 0) is 16.1 Å². The number of nitrogens with one attached hydrogen (secondary N) is 1. The fourth-order valence-corrected chi connectivity index (χ4v) is 4.29. The molecular weight excluding hydrogens is 348 g/mol. The van der Waals surface area contributed by atoms with Gasteiger partial charge in [-0.15, -0.1) is 0 Å². The largest absolute Gasteiger partial charge is 0.368 e. The first-order valence-corrected chi connectivity index (χ1v) is 10.5. The van der Waals surface area contributed by atoms with E-state index < -0.39 is 0 Å². The highest BCUT2D eigenvalue weighted by Crippen LogP contribution is 2.26. The summed E-state index contributed by atoms with van der Waals surface area (Å²) in [6, 6.07) is 19.3. The zero-order chi connectivity index (χ0) is 19.2. The summed E-state index contributed by atoms with van der Waals surface area (Å²) < 4.78 is 5.47. The van der Waals surface area contributed by atoms with E-state index in [2.05, 4.69) is 64.8 Å². The van der Waals surface area contributed by atoms with Crippen molar-refractivity contribution in [2.45, 2.75) is 38.3 Å². The van der Waals surface area contributed by atoms with Gasteiger partial charge in [0, 0.05) is 19.7 Å². The molecule has 2 heterocycles. The second-order valence-corrected chi connectivity index (χ2v) is 7.99. The minimum Gasteiger partial charge on any atom is -0.368 e. The highest BCUT2D eigenvalue weighted by atomic mass is 16.5. The van der Waals surface area contributed by atoms with Gasteiger partial charge in [0.1, 0.15) is 6.10 Å². The Hall–Kier alpha value is -2.17. The first-order valence-electron chi connectivity index (χ1n) is 10.5. The fourth-order valence-electron chi connectivity index (χ4n) is 4.29. The Balaban J connectivity index is 1.28. The van der Waals surface area contributed by atoms with Gasteiger partial charge in [0.25, 0.3) is 0 Å². The lowest BCUT2D eigenvalue weighted by Gasteiger charge is -2.32. The van der Waals surface area contributed by atoms with Crippen molar-refractivity contribution in [2.24, 2.45) is 5.92 Å². The molecule has 28 heavy (non-hydrogen) atoms. The van der Waals surface area contributed by atoms with Crippen LogP contribution in [0.2, 0.25) is 0 Å². The minimum atomic E-state index is -0.213. The van der Waals surface area contributed by atoms with Crippen LogP contribution in [0, 0.1) is 5.92 Å². The number of benzene rings is 2. The first-order chi connectivity index (χ1) is 13.8. The highest BCUT2D eigenvalue weighted by Gasteiger charge is 2.25. The molecule has 1 atom stereocenters. The molecule has 0 aromatic heterocycles. The van der Waals surface area contributed by atoms with Crippen LogP contribution in [0.3, 0.4) is 0 Å². The third-order valence-corrected chi connectivity index (χ3v) is 5.99. The van der Waals surface area contributed by atoms with Crippen LogP contribution in [0.5, 0.6) is 0 Å². The molecule has 0 unspecified atom stereocenters. The molecule has 1 N–H and O–H groups in total. The Bertz CT molecular complexity index is 763. The average Bonchev–Trinajstić information content (AvgIpc) is 3.29. The van der Waals surface area contributed by atoms with E-state index in [1.54, 1.807) is 0 Å². The molecule has 2 fully saturated rings. The maximum atomic E-state index is 12.1. The van der Waals surface area contributed by atoms with E-state index in [0.717, 1.165) is 58.5 Å². The van der Waals surface area contributed by atoms with Crippen molar-refractivity contribution in [3.8, 4) is 11.1 Å². The number of amides is 1. The van der Waals surface area contributed by atoms with Gasteiger partial charge in [-0.2, -0.15) is 0 Å². The van der Waals surface area contributed by atoms with Crippen LogP contribution in [-0.4, -0.2) is 43.2 Å². The van der Waals surface area contributed by atoms with Gasteiger partial charge in [0.2, 0.25) is 5.91 Å². The summed E-state index contributed by atoms with van der Waals surface area (Å²) >= 11 is 0. The van der Waals surface area contributed by atoms with Crippen LogP contribution < -0.4 is 5.32 Å². The van der Waals surface area contributed by atoms with Crippen molar-refractivity contribution in [1.82, 2.24) is 10.2 Å². The van der Waals surface area contributed by atoms with Crippen molar-refractivity contribution in [2.75, 3.05) is 26.2 Å². The molecule has 0 aliphatic carbocycles. The standard InChI is InChI=1S/C24H30N2O2/c27-24(23-11-6-16-28-23)25-17-19-12-14-26(15-13-19)18-21-9-4-5-10-22(21)20-7-2-1-3-8-20/h1-5,7-10,19,23H,6,11-18H2,(H,25,27)/t23-/m1/s1. The van der Waals surface area contributed by atoms with Crippen LogP contribution in [0.4, 0.5) is 0 Å². The molecule has 0 saturated carbocycles. The lowest BCUT2D eigenvalue weighted by atomic mass is 9.95. The number of carbonyl (C=O) groups is 1. The van der Waals surface area contributed by atoms with Gasteiger partial charge in [-0.05, 0) is 61.4 Å². The quantitative estimate of drug-likeness (QED) is 0.830. The molecule has 148 valence electrons. The molecule has 0 spiro atoms. The van der Waals surface area contributed by atoms with E-state index >= 15 is 0 Å². The number of hydrogen-bond donors (Lipinski definition) is 1. The number of carbonyl (C=O) groups excluding carboxylic acids is 1. The Labute approximate surface area is 167 Å². The van der Waals surface area contributed by atoms with Gasteiger partial charge < -0.3 is 10.1 Å². The molecule has 1 amide bonds. The lowest BCUT2D eigenvalue weighted by Crippen LogP contribution is -2.41. The van der Waals surface area contributed by atoms with E-state index in [1.165, 1.54) is 16.7 Å². The summed E-state index contributed by atoms with van der Waals surface area (Å²) in [6.07, 6.45) is 3.93. The lowest BCUT2D eigenvalue weighted by molar-refractivity contribution is -0.130. The molecule has 2 aromatic carbocycles. The van der Waals surface area contributed by atoms with E-state index in [1.807, 2.05) is 0 Å². The van der Waals surface area contributed by atoms with Crippen molar-refractivity contribution in [3.63, 3.8) is 0 Å². The summed E-state index contributed by atoms with van der Waals surface area (Å²) in [5.41, 5.74) is 4.00. The molecule has 2 aromatic rings. The van der Waals surface area contributed by atoms with Crippen LogP contribution in [0.1, 0.15) is 31.2 Å². The molecule has 4 heteroatoms. The van der Waals surface area contributed by atoms with Crippen LogP contribution in [0.15, 0.2) is 54.6 Å². The number of nitrogens with zero attached hydrogens (tertiary/aromatic N) is 1. The van der Waals surface area contributed by atoms with Gasteiger partial charge >= 0.3 is 0 Å². The predicted molar refractivity (Wildman–Crippen MR) is 112 cm³/mol. The minimum absolute atomic E-state index is 0.0803. The topological polar surface area (TPSA) is 41.6 Å². The van der Waals surface area contributed by atoms with Gasteiger partial charge in [0.15, 0.2) is 0 Å². The van der Waals surface area contributed by atoms with Crippen molar-refractivity contribution in [1.29, 1.82) is 0 Å². The Kier molecular flexibility index (Phi) is 6.40. The molecule has 0 bridgehead atoms. The van der Waals surface area contributed by atoms with Crippen LogP contribution >= 0.6 is 0 Å². The molecule has 0 radical (unpaired) electrons. The summed E-state index contributed by atoms with van der Waals surface area (Å²) in [5.74, 6) is 0.655. The number of piperidine rings is 1. The normalized spacial score (nSPS) is 20.9. The zero-order valence-corrected chi connectivity index (χ0v) is 16.5. The molecule has 2 aliphatic heterocycles. The number of ether oxygens (including phenoxy) is 1. The SMILES string of the molecule is O=C(NCC1CCN(Cc2ccccc2-c2ccccc2)CC1)[C@H]1CCCO1. The molecular formula is C24H30N2O2. The van der Waals surface area contributed by atoms with Crippen LogP contribution in [0.25, 0.3) is 11.1 Å². The van der Waals surface area contributed by atoms with Crippen molar-refractivity contribution in [3.05, 3.63) is 60.2 Å². The fraction of sp³-hybridized carbons (Fsp3) is 0.458. The third-order valence-electron chi connectivity index (χ3n) is 5.99. The van der Waals surface area contributed by atoms with Gasteiger partial charge in [-0.3, -0.25) is 9.69 Å². The monoisotopic (exact) mass is 378 g/mol. The second kappa shape index (κ2) is 9.35. The Morgan fingerprint density at radius 3 is 2.50 bits per heavy atom. The average molecular weight is 379 g/mol. The summed E-state index contributed by atoms with van der Waals surface area (Å²) in [4.78, 5) is 14.7.